The molecule has 21 heavy (non-hydrogen) atoms. The minimum Gasteiger partial charge on any atom is -0.395 e. The van der Waals surface area contributed by atoms with E-state index in [9.17, 15) is 18.0 Å². The first-order valence-electron chi connectivity index (χ1n) is 6.34. The van der Waals surface area contributed by atoms with Crippen molar-refractivity contribution in [1.82, 2.24) is 9.47 Å². The van der Waals surface area contributed by atoms with Gasteiger partial charge in [0.15, 0.2) is 0 Å². The average molecular weight is 300 g/mol. The van der Waals surface area contributed by atoms with Crippen LogP contribution in [0.5, 0.6) is 0 Å². The van der Waals surface area contributed by atoms with Crippen molar-refractivity contribution >= 4 is 16.8 Å². The number of aliphatic hydroxyl groups is 1. The van der Waals surface area contributed by atoms with Gasteiger partial charge in [-0.05, 0) is 6.07 Å². The second-order valence-corrected chi connectivity index (χ2v) is 4.74. The Morgan fingerprint density at radius 3 is 2.62 bits per heavy atom. The molecular formula is C14H15F3N2O2. The number of alkyl halides is 3. The molecule has 0 aliphatic rings. The van der Waals surface area contributed by atoms with Crippen molar-refractivity contribution in [2.75, 3.05) is 19.7 Å². The number of aliphatic hydroxyl groups excluding tert-OH is 1. The van der Waals surface area contributed by atoms with Crippen LogP contribution in [0.15, 0.2) is 30.5 Å². The third-order valence-corrected chi connectivity index (χ3v) is 3.15. The van der Waals surface area contributed by atoms with Gasteiger partial charge in [0, 0.05) is 30.7 Å². The number of benzene rings is 1. The molecule has 0 atom stereocenters. The van der Waals surface area contributed by atoms with E-state index < -0.39 is 25.2 Å². The van der Waals surface area contributed by atoms with Crippen LogP contribution in [0, 0.1) is 0 Å². The number of aromatic nitrogens is 1. The molecule has 0 saturated carbocycles. The molecule has 0 aliphatic carbocycles. The monoisotopic (exact) mass is 300 g/mol. The highest BCUT2D eigenvalue weighted by Crippen LogP contribution is 2.23. The van der Waals surface area contributed by atoms with E-state index in [1.807, 2.05) is 0 Å². The van der Waals surface area contributed by atoms with Gasteiger partial charge in [-0.3, -0.25) is 4.79 Å². The van der Waals surface area contributed by atoms with Crippen LogP contribution >= 0.6 is 0 Å². The molecule has 4 nitrogen and oxygen atoms in total. The maximum absolute atomic E-state index is 12.5. The smallest absolute Gasteiger partial charge is 0.395 e. The Bertz CT molecular complexity index is 649. The van der Waals surface area contributed by atoms with Crippen molar-refractivity contribution in [2.24, 2.45) is 7.05 Å². The molecule has 114 valence electrons. The Morgan fingerprint density at radius 1 is 1.33 bits per heavy atom. The van der Waals surface area contributed by atoms with E-state index in [0.717, 1.165) is 5.52 Å². The summed E-state index contributed by atoms with van der Waals surface area (Å²) in [7, 11) is 1.72. The number of fused-ring (bicyclic) bond motifs is 1. The second kappa shape index (κ2) is 5.77. The van der Waals surface area contributed by atoms with E-state index in [2.05, 4.69) is 0 Å². The van der Waals surface area contributed by atoms with Crippen molar-refractivity contribution in [3.63, 3.8) is 0 Å². The predicted molar refractivity (Wildman–Crippen MR) is 72.0 cm³/mol. The first-order chi connectivity index (χ1) is 9.83. The van der Waals surface area contributed by atoms with Gasteiger partial charge in [0.1, 0.15) is 6.54 Å². The Morgan fingerprint density at radius 2 is 2.00 bits per heavy atom. The van der Waals surface area contributed by atoms with Gasteiger partial charge in [-0.2, -0.15) is 13.2 Å². The summed E-state index contributed by atoms with van der Waals surface area (Å²) in [5, 5.41) is 9.47. The van der Waals surface area contributed by atoms with Crippen molar-refractivity contribution < 1.29 is 23.1 Å². The van der Waals surface area contributed by atoms with Crippen molar-refractivity contribution in [1.29, 1.82) is 0 Å². The molecular weight excluding hydrogens is 285 g/mol. The van der Waals surface area contributed by atoms with E-state index in [1.165, 1.54) is 6.20 Å². The summed E-state index contributed by atoms with van der Waals surface area (Å²) in [6, 6.07) is 6.98. The molecule has 0 spiro atoms. The highest BCUT2D eigenvalue weighted by atomic mass is 19.4. The van der Waals surface area contributed by atoms with Crippen molar-refractivity contribution in [3.8, 4) is 0 Å². The molecule has 7 heteroatoms. The summed E-state index contributed by atoms with van der Waals surface area (Å²) in [5.74, 6) is -0.738. The molecule has 0 fully saturated rings. The zero-order valence-electron chi connectivity index (χ0n) is 11.4. The second-order valence-electron chi connectivity index (χ2n) is 4.74. The largest absolute Gasteiger partial charge is 0.406 e. The topological polar surface area (TPSA) is 45.5 Å². The highest BCUT2D eigenvalue weighted by molar-refractivity contribution is 6.07. The molecule has 2 rings (SSSR count). The van der Waals surface area contributed by atoms with Crippen LogP contribution in [0.1, 0.15) is 10.4 Å². The molecule has 0 saturated heterocycles. The zero-order valence-corrected chi connectivity index (χ0v) is 11.4. The highest BCUT2D eigenvalue weighted by Gasteiger charge is 2.33. The summed E-state index contributed by atoms with van der Waals surface area (Å²) < 4.78 is 39.3. The number of carbonyl (C=O) groups excluding carboxylic acids is 1. The average Bonchev–Trinajstić information content (AvgIpc) is 2.74. The summed E-state index contributed by atoms with van der Waals surface area (Å²) in [4.78, 5) is 13.0. The van der Waals surface area contributed by atoms with Crippen LogP contribution in [0.4, 0.5) is 13.2 Å². The first-order valence-corrected chi connectivity index (χ1v) is 6.34. The van der Waals surface area contributed by atoms with Crippen molar-refractivity contribution in [2.45, 2.75) is 6.18 Å². The lowest BCUT2D eigenvalue weighted by molar-refractivity contribution is -0.141. The number of para-hydroxylation sites is 1. The third kappa shape index (κ3) is 3.36. The van der Waals surface area contributed by atoms with Gasteiger partial charge in [0.05, 0.1) is 12.2 Å². The molecule has 0 unspecified atom stereocenters. The molecule has 0 bridgehead atoms. The first kappa shape index (κ1) is 15.4. The normalized spacial score (nSPS) is 11.9. The zero-order chi connectivity index (χ0) is 15.6. The molecule has 1 aromatic heterocycles. The van der Waals surface area contributed by atoms with Crippen LogP contribution < -0.4 is 0 Å². The lowest BCUT2D eigenvalue weighted by atomic mass is 10.1. The maximum Gasteiger partial charge on any atom is 0.406 e. The van der Waals surface area contributed by atoms with E-state index >= 15 is 0 Å². The third-order valence-electron chi connectivity index (χ3n) is 3.15. The SMILES string of the molecule is Cn1cc(C(=O)N(CCO)CC(F)(F)F)c2ccccc21. The Labute approximate surface area is 119 Å². The summed E-state index contributed by atoms with van der Waals surface area (Å²) in [6.07, 6.45) is -3.00. The van der Waals surface area contributed by atoms with Gasteiger partial charge in [0.2, 0.25) is 0 Å². The Kier molecular flexibility index (Phi) is 4.22. The summed E-state index contributed by atoms with van der Waals surface area (Å²) in [6.45, 7) is -2.26. The van der Waals surface area contributed by atoms with Crippen LogP contribution in [-0.2, 0) is 7.05 Å². The number of nitrogens with zero attached hydrogens (tertiary/aromatic N) is 2. The minimum atomic E-state index is -4.50. The number of rotatable bonds is 4. The quantitative estimate of drug-likeness (QED) is 0.940. The maximum atomic E-state index is 12.5. The summed E-state index contributed by atoms with van der Waals surface area (Å²) in [5.41, 5.74) is 0.961. The number of carbonyl (C=O) groups is 1. The van der Waals surface area contributed by atoms with E-state index in [0.29, 0.717) is 10.3 Å². The number of halogens is 3. The van der Waals surface area contributed by atoms with Gasteiger partial charge in [-0.1, -0.05) is 18.2 Å². The number of aryl methyl sites for hydroxylation is 1. The van der Waals surface area contributed by atoms with Gasteiger partial charge in [-0.15, -0.1) is 0 Å². The lowest BCUT2D eigenvalue weighted by Crippen LogP contribution is -2.40. The van der Waals surface area contributed by atoms with Gasteiger partial charge in [0.25, 0.3) is 5.91 Å². The standard InChI is InChI=1S/C14H15F3N2O2/c1-18-8-11(10-4-2-3-5-12(10)18)13(21)19(6-7-20)9-14(15,16)17/h2-5,8,20H,6-7,9H2,1H3. The van der Waals surface area contributed by atoms with Crippen LogP contribution in [0.25, 0.3) is 10.9 Å². The number of amides is 1. The molecule has 2 aromatic rings. The fraction of sp³-hybridized carbons (Fsp3) is 0.357. The van der Waals surface area contributed by atoms with Crippen LogP contribution in [0.3, 0.4) is 0 Å². The van der Waals surface area contributed by atoms with Crippen LogP contribution in [0.2, 0.25) is 0 Å². The summed E-state index contributed by atoms with van der Waals surface area (Å²) >= 11 is 0. The molecule has 0 radical (unpaired) electrons. The molecule has 0 aliphatic heterocycles. The minimum absolute atomic E-state index is 0.200. The van der Waals surface area contributed by atoms with E-state index in [-0.39, 0.29) is 12.1 Å². The predicted octanol–water partition coefficient (Wildman–Crippen LogP) is 2.18. The molecule has 1 amide bonds. The Balaban J connectivity index is 2.39. The lowest BCUT2D eigenvalue weighted by Gasteiger charge is -2.22. The number of hydrogen-bond acceptors (Lipinski definition) is 2. The van der Waals surface area contributed by atoms with E-state index in [4.69, 9.17) is 5.11 Å². The van der Waals surface area contributed by atoms with Gasteiger partial charge in [-0.25, -0.2) is 0 Å². The molecule has 1 heterocycles. The molecule has 1 aromatic carbocycles. The fourth-order valence-electron chi connectivity index (χ4n) is 2.27. The van der Waals surface area contributed by atoms with Gasteiger partial charge >= 0.3 is 6.18 Å². The fourth-order valence-corrected chi connectivity index (χ4v) is 2.27. The van der Waals surface area contributed by atoms with Crippen LogP contribution in [-0.4, -0.2) is 46.4 Å². The van der Waals surface area contributed by atoms with E-state index in [1.54, 1.807) is 35.9 Å². The van der Waals surface area contributed by atoms with Gasteiger partial charge < -0.3 is 14.6 Å². The number of hydrogen-bond donors (Lipinski definition) is 1. The Hall–Kier alpha value is -2.02. The molecule has 1 N–H and O–H groups in total. The van der Waals surface area contributed by atoms with Crippen molar-refractivity contribution in [3.05, 3.63) is 36.0 Å².